The number of hydrogen-bond donors (Lipinski definition) is 0. The predicted molar refractivity (Wildman–Crippen MR) is 113 cm³/mol. The molecule has 2 heteroatoms. The maximum atomic E-state index is 6.30. The van der Waals surface area contributed by atoms with E-state index in [2.05, 4.69) is 33.2 Å². The van der Waals surface area contributed by atoms with Crippen molar-refractivity contribution in [1.29, 1.82) is 0 Å². The maximum Gasteiger partial charge on any atom is 0.105 e. The number of hydrogen-bond acceptors (Lipinski definition) is 0. The fourth-order valence-electron chi connectivity index (χ4n) is 3.55. The molecule has 0 aliphatic carbocycles. The Morgan fingerprint density at radius 1 is 0.720 bits per heavy atom. The first-order valence-corrected chi connectivity index (χ1v) is 11.0. The highest BCUT2D eigenvalue weighted by atomic mass is 35.5. The molecule has 0 radical (unpaired) electrons. The van der Waals surface area contributed by atoms with Crippen LogP contribution in [-0.2, 0) is 6.54 Å². The molecule has 1 aromatic rings. The Hall–Kier alpha value is -0.530. The number of quaternary nitrogens is 1. The van der Waals surface area contributed by atoms with Gasteiger partial charge in [0.05, 0.1) is 20.6 Å². The van der Waals surface area contributed by atoms with Gasteiger partial charge in [-0.2, -0.15) is 0 Å². The van der Waals surface area contributed by atoms with Crippen molar-refractivity contribution in [3.8, 4) is 0 Å². The summed E-state index contributed by atoms with van der Waals surface area (Å²) in [6.07, 6.45) is 17.0. The summed E-state index contributed by atoms with van der Waals surface area (Å²) < 4.78 is 1.03. The van der Waals surface area contributed by atoms with E-state index in [4.69, 9.17) is 11.6 Å². The van der Waals surface area contributed by atoms with Crippen molar-refractivity contribution < 1.29 is 4.48 Å². The first-order valence-electron chi connectivity index (χ1n) is 10.6. The van der Waals surface area contributed by atoms with Crippen LogP contribution in [0, 0.1) is 0 Å². The summed E-state index contributed by atoms with van der Waals surface area (Å²) in [5.74, 6) is 0. The summed E-state index contributed by atoms with van der Waals surface area (Å²) >= 11 is 6.30. The Bertz CT molecular complexity index is 441. The minimum atomic E-state index is 0.906. The topological polar surface area (TPSA) is 0 Å². The van der Waals surface area contributed by atoms with E-state index in [9.17, 15) is 0 Å². The predicted octanol–water partition coefficient (Wildman–Crippen LogP) is 7.62. The molecule has 25 heavy (non-hydrogen) atoms. The number of benzene rings is 1. The van der Waals surface area contributed by atoms with Crippen molar-refractivity contribution in [3.63, 3.8) is 0 Å². The molecule has 0 aliphatic rings. The summed E-state index contributed by atoms with van der Waals surface area (Å²) in [6, 6.07) is 8.26. The number of nitrogens with zero attached hydrogens (tertiary/aromatic N) is 1. The van der Waals surface area contributed by atoms with E-state index in [0.29, 0.717) is 0 Å². The highest BCUT2D eigenvalue weighted by molar-refractivity contribution is 6.31. The minimum absolute atomic E-state index is 0.906. The van der Waals surface area contributed by atoms with E-state index in [1.165, 1.54) is 89.2 Å². The summed E-state index contributed by atoms with van der Waals surface area (Å²) in [5.41, 5.74) is 1.27. The molecule has 144 valence electrons. The van der Waals surface area contributed by atoms with Crippen LogP contribution in [-0.4, -0.2) is 25.1 Å². The Morgan fingerprint density at radius 3 is 1.72 bits per heavy atom. The number of rotatable bonds is 15. The van der Waals surface area contributed by atoms with Crippen LogP contribution in [0.25, 0.3) is 0 Å². The molecule has 1 aromatic carbocycles. The molecule has 0 aromatic heterocycles. The van der Waals surface area contributed by atoms with Crippen LogP contribution in [0.3, 0.4) is 0 Å². The maximum absolute atomic E-state index is 6.30. The van der Waals surface area contributed by atoms with Crippen LogP contribution < -0.4 is 0 Å². The Morgan fingerprint density at radius 2 is 1.20 bits per heavy atom. The molecule has 0 aliphatic heterocycles. The molecular weight excluding hydrogens is 326 g/mol. The summed E-state index contributed by atoms with van der Waals surface area (Å²) in [5, 5.41) is 0.906. The molecule has 0 N–H and O–H groups in total. The Balaban J connectivity index is 1.99. The lowest BCUT2D eigenvalue weighted by Gasteiger charge is -2.30. The van der Waals surface area contributed by atoms with Crippen LogP contribution in [0.2, 0.25) is 5.02 Å². The zero-order valence-corrected chi connectivity index (χ0v) is 17.8. The third-order valence-corrected chi connectivity index (χ3v) is 5.54. The van der Waals surface area contributed by atoms with Crippen LogP contribution in [0.15, 0.2) is 24.3 Å². The molecule has 0 saturated heterocycles. The van der Waals surface area contributed by atoms with Gasteiger partial charge in [0.1, 0.15) is 6.54 Å². The van der Waals surface area contributed by atoms with Crippen molar-refractivity contribution in [3.05, 3.63) is 34.9 Å². The van der Waals surface area contributed by atoms with Crippen molar-refractivity contribution in [2.24, 2.45) is 0 Å². The highest BCUT2D eigenvalue weighted by Crippen LogP contribution is 2.20. The zero-order valence-electron chi connectivity index (χ0n) is 17.0. The molecule has 0 heterocycles. The molecule has 0 fully saturated rings. The van der Waals surface area contributed by atoms with Gasteiger partial charge in [-0.25, -0.2) is 0 Å². The fraction of sp³-hybridized carbons (Fsp3) is 0.739. The van der Waals surface area contributed by atoms with Gasteiger partial charge < -0.3 is 4.48 Å². The summed E-state index contributed by atoms with van der Waals surface area (Å²) in [7, 11) is 4.64. The Labute approximate surface area is 162 Å². The number of unbranched alkanes of at least 4 members (excludes halogenated alkanes) is 11. The molecule has 0 saturated carbocycles. The van der Waals surface area contributed by atoms with Gasteiger partial charge in [0, 0.05) is 10.6 Å². The van der Waals surface area contributed by atoms with Crippen molar-refractivity contribution in [2.75, 3.05) is 20.6 Å². The van der Waals surface area contributed by atoms with Gasteiger partial charge in [0.25, 0.3) is 0 Å². The van der Waals surface area contributed by atoms with Gasteiger partial charge >= 0.3 is 0 Å². The molecule has 1 rings (SSSR count). The normalized spacial score (nSPS) is 11.8. The van der Waals surface area contributed by atoms with Crippen LogP contribution in [0.4, 0.5) is 0 Å². The molecule has 0 unspecified atom stereocenters. The zero-order chi connectivity index (χ0) is 18.4. The van der Waals surface area contributed by atoms with Gasteiger partial charge in [0.15, 0.2) is 0 Å². The van der Waals surface area contributed by atoms with E-state index >= 15 is 0 Å². The quantitative estimate of drug-likeness (QED) is 0.221. The molecule has 1 nitrogen and oxygen atoms in total. The third kappa shape index (κ3) is 11.7. The monoisotopic (exact) mass is 366 g/mol. The smallest absolute Gasteiger partial charge is 0.105 e. The summed E-state index contributed by atoms with van der Waals surface area (Å²) in [4.78, 5) is 0. The van der Waals surface area contributed by atoms with Gasteiger partial charge in [0.2, 0.25) is 0 Å². The van der Waals surface area contributed by atoms with Gasteiger partial charge in [-0.05, 0) is 18.9 Å². The highest BCUT2D eigenvalue weighted by Gasteiger charge is 2.16. The SMILES string of the molecule is CCCCCCCCCCCCCC[N+](C)(C)Cc1ccccc1Cl. The van der Waals surface area contributed by atoms with Crippen molar-refractivity contribution in [2.45, 2.75) is 90.5 Å². The number of halogens is 1. The van der Waals surface area contributed by atoms with Gasteiger partial charge in [-0.1, -0.05) is 101 Å². The average molecular weight is 367 g/mol. The van der Waals surface area contributed by atoms with E-state index in [1.54, 1.807) is 0 Å². The van der Waals surface area contributed by atoms with E-state index in [0.717, 1.165) is 16.1 Å². The molecule has 0 atom stereocenters. The first kappa shape index (κ1) is 22.5. The lowest BCUT2D eigenvalue weighted by Crippen LogP contribution is -2.39. The van der Waals surface area contributed by atoms with Crippen molar-refractivity contribution >= 4 is 11.6 Å². The molecular formula is C23H41ClN+. The largest absolute Gasteiger partial charge is 0.325 e. The van der Waals surface area contributed by atoms with E-state index in [1.807, 2.05) is 12.1 Å². The van der Waals surface area contributed by atoms with Gasteiger partial charge in [-0.3, -0.25) is 0 Å². The molecule has 0 amide bonds. The van der Waals surface area contributed by atoms with Crippen LogP contribution >= 0.6 is 11.6 Å². The average Bonchev–Trinajstić information content (AvgIpc) is 2.58. The Kier molecular flexibility index (Phi) is 12.3. The second kappa shape index (κ2) is 13.6. The lowest BCUT2D eigenvalue weighted by atomic mass is 10.1. The third-order valence-electron chi connectivity index (χ3n) is 5.17. The molecule has 0 bridgehead atoms. The minimum Gasteiger partial charge on any atom is -0.325 e. The lowest BCUT2D eigenvalue weighted by molar-refractivity contribution is -0.903. The van der Waals surface area contributed by atoms with Gasteiger partial charge in [-0.15, -0.1) is 0 Å². The second-order valence-electron chi connectivity index (χ2n) is 8.30. The standard InChI is InChI=1S/C23H41ClN/c1-4-5-6-7-8-9-10-11-12-13-14-17-20-25(2,3)21-22-18-15-16-19-23(22)24/h15-16,18-19H,4-14,17,20-21H2,1-3H3/q+1. The van der Waals surface area contributed by atoms with Crippen LogP contribution in [0.1, 0.15) is 89.5 Å². The first-order chi connectivity index (χ1) is 12.0. The van der Waals surface area contributed by atoms with Crippen LogP contribution in [0.5, 0.6) is 0 Å². The van der Waals surface area contributed by atoms with E-state index < -0.39 is 0 Å². The molecule has 0 spiro atoms. The summed E-state index contributed by atoms with van der Waals surface area (Å²) in [6.45, 7) is 4.55. The fourth-order valence-corrected chi connectivity index (χ4v) is 3.74. The van der Waals surface area contributed by atoms with Crippen molar-refractivity contribution in [1.82, 2.24) is 0 Å². The second-order valence-corrected chi connectivity index (χ2v) is 8.71. The van der Waals surface area contributed by atoms with E-state index in [-0.39, 0.29) is 0 Å².